The molecule has 0 amide bonds. The van der Waals surface area contributed by atoms with E-state index in [1.807, 2.05) is 6.07 Å². The molecule has 0 aromatic heterocycles. The van der Waals surface area contributed by atoms with Gasteiger partial charge in [-0.05, 0) is 33.6 Å². The fourth-order valence-electron chi connectivity index (χ4n) is 1.10. The zero-order chi connectivity index (χ0) is 11.4. The third kappa shape index (κ3) is 2.49. The zero-order valence-electron chi connectivity index (χ0n) is 7.88. The Morgan fingerprint density at radius 1 is 1.67 bits per heavy atom. The van der Waals surface area contributed by atoms with Crippen LogP contribution in [0.4, 0.5) is 0 Å². The third-order valence-electron chi connectivity index (χ3n) is 1.86. The summed E-state index contributed by atoms with van der Waals surface area (Å²) in [6.45, 7) is 0. The van der Waals surface area contributed by atoms with Crippen molar-refractivity contribution in [3.05, 3.63) is 33.3 Å². The zero-order valence-corrected chi connectivity index (χ0v) is 10.2. The summed E-state index contributed by atoms with van der Waals surface area (Å²) in [4.78, 5) is 11.3. The number of esters is 1. The number of methoxy groups -OCH3 is 1. The van der Waals surface area contributed by atoms with Gasteiger partial charge in [-0.2, -0.15) is 5.26 Å². The lowest BCUT2D eigenvalue weighted by Gasteiger charge is -2.06. The topological polar surface area (TPSA) is 50.1 Å². The lowest BCUT2D eigenvalue weighted by atomic mass is 10.1. The monoisotopic (exact) mass is 287 g/mol. The van der Waals surface area contributed by atoms with E-state index >= 15 is 0 Å². The molecule has 0 radical (unpaired) electrons. The molecule has 78 valence electrons. The predicted molar refractivity (Wildman–Crippen MR) is 59.8 cm³/mol. The average molecular weight is 289 g/mol. The minimum atomic E-state index is -0.460. The lowest BCUT2D eigenvalue weighted by molar-refractivity contribution is 0.0599. The molecule has 0 heterocycles. The highest BCUT2D eigenvalue weighted by Gasteiger charge is 2.14. The molecule has 1 aromatic carbocycles. The number of ether oxygens (including phenoxy) is 1. The first-order chi connectivity index (χ1) is 7.13. The summed E-state index contributed by atoms with van der Waals surface area (Å²) in [5.41, 5.74) is 1.43. The van der Waals surface area contributed by atoms with E-state index in [0.29, 0.717) is 21.2 Å². The number of benzene rings is 1. The van der Waals surface area contributed by atoms with Gasteiger partial charge < -0.3 is 4.74 Å². The largest absolute Gasteiger partial charge is 0.465 e. The highest BCUT2D eigenvalue weighted by molar-refractivity contribution is 9.10. The van der Waals surface area contributed by atoms with E-state index in [4.69, 9.17) is 16.9 Å². The van der Waals surface area contributed by atoms with Crippen molar-refractivity contribution in [2.45, 2.75) is 5.88 Å². The SMILES string of the molecule is COC(=O)c1cc(CCl)c(C#N)cc1Br. The second-order valence-electron chi connectivity index (χ2n) is 2.73. The number of hydrogen-bond acceptors (Lipinski definition) is 3. The van der Waals surface area contributed by atoms with Gasteiger partial charge >= 0.3 is 5.97 Å². The Labute approximate surface area is 101 Å². The van der Waals surface area contributed by atoms with Crippen LogP contribution in [0, 0.1) is 11.3 Å². The van der Waals surface area contributed by atoms with Crippen molar-refractivity contribution in [3.63, 3.8) is 0 Å². The molecule has 0 fully saturated rings. The molecule has 0 saturated heterocycles. The van der Waals surface area contributed by atoms with Crippen LogP contribution in [-0.2, 0) is 10.6 Å². The molecular formula is C10H7BrClNO2. The summed E-state index contributed by atoms with van der Waals surface area (Å²) in [7, 11) is 1.30. The molecule has 1 rings (SSSR count). The van der Waals surface area contributed by atoms with Crippen LogP contribution in [-0.4, -0.2) is 13.1 Å². The minimum Gasteiger partial charge on any atom is -0.465 e. The van der Waals surface area contributed by atoms with Gasteiger partial charge in [-0.25, -0.2) is 4.79 Å². The third-order valence-corrected chi connectivity index (χ3v) is 2.81. The van der Waals surface area contributed by atoms with Crippen LogP contribution in [0.25, 0.3) is 0 Å². The number of nitriles is 1. The molecule has 5 heteroatoms. The molecule has 0 aliphatic rings. The van der Waals surface area contributed by atoms with Crippen molar-refractivity contribution < 1.29 is 9.53 Å². The molecule has 0 unspecified atom stereocenters. The second kappa shape index (κ2) is 5.15. The molecule has 15 heavy (non-hydrogen) atoms. The molecule has 0 aliphatic carbocycles. The summed E-state index contributed by atoms with van der Waals surface area (Å²) in [6.07, 6.45) is 0. The minimum absolute atomic E-state index is 0.181. The van der Waals surface area contributed by atoms with E-state index in [1.54, 1.807) is 12.1 Å². The standard InChI is InChI=1S/C10H7BrClNO2/c1-15-10(14)8-2-6(4-12)7(5-13)3-9(8)11/h2-3H,4H2,1H3. The van der Waals surface area contributed by atoms with E-state index < -0.39 is 5.97 Å². The first-order valence-electron chi connectivity index (χ1n) is 4.00. The Morgan fingerprint density at radius 3 is 2.80 bits per heavy atom. The first kappa shape index (κ1) is 12.0. The number of nitrogens with zero attached hydrogens (tertiary/aromatic N) is 1. The van der Waals surface area contributed by atoms with Crippen LogP contribution >= 0.6 is 27.5 Å². The number of carbonyl (C=O) groups is 1. The summed E-state index contributed by atoms with van der Waals surface area (Å²) >= 11 is 8.86. The van der Waals surface area contributed by atoms with E-state index in [-0.39, 0.29) is 5.88 Å². The number of alkyl halides is 1. The van der Waals surface area contributed by atoms with Crippen molar-refractivity contribution in [1.29, 1.82) is 5.26 Å². The van der Waals surface area contributed by atoms with Gasteiger partial charge in [0.05, 0.1) is 24.3 Å². The smallest absolute Gasteiger partial charge is 0.339 e. The number of carbonyl (C=O) groups excluding carboxylic acids is 1. The van der Waals surface area contributed by atoms with Crippen LogP contribution in [0.5, 0.6) is 0 Å². The fourth-order valence-corrected chi connectivity index (χ4v) is 1.83. The number of halogens is 2. The summed E-state index contributed by atoms with van der Waals surface area (Å²) < 4.78 is 5.12. The van der Waals surface area contributed by atoms with Gasteiger partial charge in [0.15, 0.2) is 0 Å². The van der Waals surface area contributed by atoms with Gasteiger partial charge in [0.1, 0.15) is 0 Å². The maximum atomic E-state index is 11.3. The highest BCUT2D eigenvalue weighted by atomic mass is 79.9. The second-order valence-corrected chi connectivity index (χ2v) is 3.85. The van der Waals surface area contributed by atoms with Gasteiger partial charge in [-0.1, -0.05) is 0 Å². The van der Waals surface area contributed by atoms with E-state index in [2.05, 4.69) is 20.7 Å². The van der Waals surface area contributed by atoms with Crippen molar-refractivity contribution >= 4 is 33.5 Å². The van der Waals surface area contributed by atoms with E-state index in [0.717, 1.165) is 0 Å². The Kier molecular flexibility index (Phi) is 4.13. The molecule has 3 nitrogen and oxygen atoms in total. The van der Waals surface area contributed by atoms with Crippen LogP contribution < -0.4 is 0 Å². The summed E-state index contributed by atoms with van der Waals surface area (Å²) in [6, 6.07) is 5.12. The van der Waals surface area contributed by atoms with Crippen LogP contribution in [0.1, 0.15) is 21.5 Å². The van der Waals surface area contributed by atoms with E-state index in [1.165, 1.54) is 7.11 Å². The maximum absolute atomic E-state index is 11.3. The predicted octanol–water partition coefficient (Wildman–Crippen LogP) is 2.85. The van der Waals surface area contributed by atoms with Crippen molar-refractivity contribution in [2.75, 3.05) is 7.11 Å². The Morgan fingerprint density at radius 2 is 2.33 bits per heavy atom. The molecule has 0 N–H and O–H groups in total. The summed E-state index contributed by atoms with van der Waals surface area (Å²) in [5.74, 6) is -0.280. The van der Waals surface area contributed by atoms with Gasteiger partial charge in [0.25, 0.3) is 0 Å². The van der Waals surface area contributed by atoms with Crippen molar-refractivity contribution in [3.8, 4) is 6.07 Å². The summed E-state index contributed by atoms with van der Waals surface area (Å²) in [5, 5.41) is 8.82. The Balaban J connectivity index is 3.33. The van der Waals surface area contributed by atoms with Crippen LogP contribution in [0.15, 0.2) is 16.6 Å². The highest BCUT2D eigenvalue weighted by Crippen LogP contribution is 2.23. The quantitative estimate of drug-likeness (QED) is 0.621. The Bertz CT molecular complexity index is 440. The number of hydrogen-bond donors (Lipinski definition) is 0. The van der Waals surface area contributed by atoms with E-state index in [9.17, 15) is 4.79 Å². The maximum Gasteiger partial charge on any atom is 0.339 e. The first-order valence-corrected chi connectivity index (χ1v) is 5.33. The molecule has 0 bridgehead atoms. The molecule has 1 aromatic rings. The molecule has 0 atom stereocenters. The van der Waals surface area contributed by atoms with Crippen LogP contribution in [0.2, 0.25) is 0 Å². The van der Waals surface area contributed by atoms with Crippen molar-refractivity contribution in [1.82, 2.24) is 0 Å². The molecule has 0 spiro atoms. The fraction of sp³-hybridized carbons (Fsp3) is 0.200. The average Bonchev–Trinajstić information content (AvgIpc) is 2.27. The van der Waals surface area contributed by atoms with Gasteiger partial charge in [-0.3, -0.25) is 0 Å². The lowest BCUT2D eigenvalue weighted by Crippen LogP contribution is -2.04. The van der Waals surface area contributed by atoms with Crippen LogP contribution in [0.3, 0.4) is 0 Å². The van der Waals surface area contributed by atoms with Gasteiger partial charge in [0.2, 0.25) is 0 Å². The normalized spacial score (nSPS) is 9.47. The molecule has 0 aliphatic heterocycles. The van der Waals surface area contributed by atoms with Gasteiger partial charge in [-0.15, -0.1) is 11.6 Å². The van der Waals surface area contributed by atoms with Gasteiger partial charge in [0, 0.05) is 10.4 Å². The molecular weight excluding hydrogens is 281 g/mol. The number of rotatable bonds is 2. The molecule has 0 saturated carbocycles. The van der Waals surface area contributed by atoms with Crippen molar-refractivity contribution in [2.24, 2.45) is 0 Å². The Hall–Kier alpha value is -1.05.